The third-order valence-corrected chi connectivity index (χ3v) is 4.71. The zero-order valence-corrected chi connectivity index (χ0v) is 13.7. The molecule has 1 N–H and O–H groups in total. The topological polar surface area (TPSA) is 35.6 Å². The second-order valence-electron chi connectivity index (χ2n) is 5.55. The number of hydrogen-bond acceptors (Lipinski definition) is 3. The summed E-state index contributed by atoms with van der Waals surface area (Å²) < 4.78 is 0. The van der Waals surface area contributed by atoms with Crippen LogP contribution < -0.4 is 5.32 Å². The molecule has 4 nitrogen and oxygen atoms in total. The van der Waals surface area contributed by atoms with Crippen molar-refractivity contribution >= 4 is 17.8 Å². The quantitative estimate of drug-likeness (QED) is 0.671. The Bertz CT molecular complexity index is 430. The van der Waals surface area contributed by atoms with E-state index in [-0.39, 0.29) is 6.03 Å². The molecule has 0 atom stereocenters. The van der Waals surface area contributed by atoms with E-state index in [0.717, 1.165) is 38.2 Å². The molecule has 1 heterocycles. The summed E-state index contributed by atoms with van der Waals surface area (Å²) in [5.74, 6) is 1.08. The van der Waals surface area contributed by atoms with Crippen LogP contribution in [0.15, 0.2) is 35.2 Å². The third-order valence-electron chi connectivity index (χ3n) is 3.70. The molecular weight excluding hydrogens is 282 g/mol. The van der Waals surface area contributed by atoms with Crippen molar-refractivity contribution in [3.8, 4) is 0 Å². The Kier molecular flexibility index (Phi) is 6.39. The summed E-state index contributed by atoms with van der Waals surface area (Å²) in [4.78, 5) is 16.8. The summed E-state index contributed by atoms with van der Waals surface area (Å²) in [6.45, 7) is 2.74. The summed E-state index contributed by atoms with van der Waals surface area (Å²) >= 11 is 1.88. The second kappa shape index (κ2) is 8.29. The van der Waals surface area contributed by atoms with Gasteiger partial charge in [-0.2, -0.15) is 0 Å². The van der Waals surface area contributed by atoms with Gasteiger partial charge in [-0.3, -0.25) is 0 Å². The number of amides is 2. The number of carbonyl (C=O) groups is 1. The largest absolute Gasteiger partial charge is 0.331 e. The van der Waals surface area contributed by atoms with Crippen LogP contribution in [0.2, 0.25) is 0 Å². The van der Waals surface area contributed by atoms with Crippen LogP contribution in [0.1, 0.15) is 12.8 Å². The Hall–Kier alpha value is -1.20. The summed E-state index contributed by atoms with van der Waals surface area (Å²) in [5.41, 5.74) is 0. The van der Waals surface area contributed by atoms with Crippen molar-refractivity contribution in [3.05, 3.63) is 30.3 Å². The fourth-order valence-electron chi connectivity index (χ4n) is 2.51. The fourth-order valence-corrected chi connectivity index (χ4v) is 3.31. The molecule has 1 aliphatic rings. The van der Waals surface area contributed by atoms with Gasteiger partial charge in [-0.1, -0.05) is 18.2 Å². The lowest BCUT2D eigenvalue weighted by molar-refractivity contribution is 0.153. The SMILES string of the molecule is CN(C)C(=O)N1CCC(NCCSc2ccccc2)CC1. The Labute approximate surface area is 131 Å². The van der Waals surface area contributed by atoms with Crippen LogP contribution in [0, 0.1) is 0 Å². The molecule has 1 saturated heterocycles. The van der Waals surface area contributed by atoms with Gasteiger partial charge in [0.2, 0.25) is 0 Å². The second-order valence-corrected chi connectivity index (χ2v) is 6.72. The van der Waals surface area contributed by atoms with Crippen LogP contribution in [-0.4, -0.2) is 61.4 Å². The maximum Gasteiger partial charge on any atom is 0.319 e. The van der Waals surface area contributed by atoms with Crippen molar-refractivity contribution in [2.24, 2.45) is 0 Å². The van der Waals surface area contributed by atoms with Gasteiger partial charge in [-0.15, -0.1) is 11.8 Å². The molecule has 1 aromatic rings. The van der Waals surface area contributed by atoms with Crippen LogP contribution in [0.25, 0.3) is 0 Å². The van der Waals surface area contributed by atoms with Gasteiger partial charge in [0.15, 0.2) is 0 Å². The first-order valence-electron chi connectivity index (χ1n) is 7.54. The van der Waals surface area contributed by atoms with Crippen molar-refractivity contribution in [2.45, 2.75) is 23.8 Å². The number of nitrogens with zero attached hydrogens (tertiary/aromatic N) is 2. The van der Waals surface area contributed by atoms with E-state index >= 15 is 0 Å². The molecule has 0 saturated carbocycles. The van der Waals surface area contributed by atoms with Gasteiger partial charge in [0.1, 0.15) is 0 Å². The summed E-state index contributed by atoms with van der Waals surface area (Å²) in [5, 5.41) is 3.61. The van der Waals surface area contributed by atoms with E-state index in [2.05, 4.69) is 29.6 Å². The lowest BCUT2D eigenvalue weighted by Gasteiger charge is -2.34. The minimum atomic E-state index is 0.132. The maximum atomic E-state index is 11.8. The van der Waals surface area contributed by atoms with Crippen LogP contribution in [-0.2, 0) is 0 Å². The predicted molar refractivity (Wildman–Crippen MR) is 88.8 cm³/mol. The molecule has 2 amide bonds. The Morgan fingerprint density at radius 3 is 2.57 bits per heavy atom. The number of carbonyl (C=O) groups excluding carboxylic acids is 1. The molecule has 0 aromatic heterocycles. The van der Waals surface area contributed by atoms with E-state index < -0.39 is 0 Å². The third kappa shape index (κ3) is 5.25. The molecule has 0 unspecified atom stereocenters. The Morgan fingerprint density at radius 1 is 1.29 bits per heavy atom. The molecule has 2 rings (SSSR count). The van der Waals surface area contributed by atoms with E-state index in [1.807, 2.05) is 36.8 Å². The average Bonchev–Trinajstić information content (AvgIpc) is 2.52. The van der Waals surface area contributed by atoms with Crippen molar-refractivity contribution < 1.29 is 4.79 Å². The minimum absolute atomic E-state index is 0.132. The highest BCUT2D eigenvalue weighted by Gasteiger charge is 2.23. The van der Waals surface area contributed by atoms with Crippen LogP contribution >= 0.6 is 11.8 Å². The normalized spacial score (nSPS) is 16.0. The highest BCUT2D eigenvalue weighted by Crippen LogP contribution is 2.16. The zero-order chi connectivity index (χ0) is 15.1. The molecule has 5 heteroatoms. The monoisotopic (exact) mass is 307 g/mol. The van der Waals surface area contributed by atoms with Crippen molar-refractivity contribution in [3.63, 3.8) is 0 Å². The predicted octanol–water partition coefficient (Wildman–Crippen LogP) is 2.51. The van der Waals surface area contributed by atoms with Crippen LogP contribution in [0.4, 0.5) is 4.79 Å². The van der Waals surface area contributed by atoms with E-state index in [9.17, 15) is 4.79 Å². The molecular formula is C16H25N3OS. The smallest absolute Gasteiger partial charge is 0.319 e. The first kappa shape index (κ1) is 16.2. The van der Waals surface area contributed by atoms with Crippen molar-refractivity contribution in [1.29, 1.82) is 0 Å². The highest BCUT2D eigenvalue weighted by atomic mass is 32.2. The summed E-state index contributed by atoms with van der Waals surface area (Å²) in [6.07, 6.45) is 2.10. The Balaban J connectivity index is 1.60. The van der Waals surface area contributed by atoms with Gasteiger partial charge >= 0.3 is 6.03 Å². The van der Waals surface area contributed by atoms with Gasteiger partial charge in [-0.25, -0.2) is 4.79 Å². The standard InChI is InChI=1S/C16H25N3OS/c1-18(2)16(20)19-11-8-14(9-12-19)17-10-13-21-15-6-4-3-5-7-15/h3-7,14,17H,8-13H2,1-2H3. The number of likely N-dealkylation sites (tertiary alicyclic amines) is 1. The van der Waals surface area contributed by atoms with Gasteiger partial charge < -0.3 is 15.1 Å². The van der Waals surface area contributed by atoms with E-state index in [1.54, 1.807) is 4.90 Å². The van der Waals surface area contributed by atoms with Gasteiger partial charge in [0.05, 0.1) is 0 Å². The van der Waals surface area contributed by atoms with Crippen molar-refractivity contribution in [2.75, 3.05) is 39.5 Å². The zero-order valence-electron chi connectivity index (χ0n) is 12.9. The summed E-state index contributed by atoms with van der Waals surface area (Å²) in [7, 11) is 3.63. The number of benzene rings is 1. The molecule has 116 valence electrons. The molecule has 0 radical (unpaired) electrons. The van der Waals surface area contributed by atoms with Gasteiger partial charge in [0.25, 0.3) is 0 Å². The molecule has 21 heavy (non-hydrogen) atoms. The number of urea groups is 1. The van der Waals surface area contributed by atoms with Crippen molar-refractivity contribution in [1.82, 2.24) is 15.1 Å². The first-order chi connectivity index (χ1) is 10.2. The van der Waals surface area contributed by atoms with E-state index in [4.69, 9.17) is 0 Å². The van der Waals surface area contributed by atoms with E-state index in [1.165, 1.54) is 4.90 Å². The van der Waals surface area contributed by atoms with E-state index in [0.29, 0.717) is 6.04 Å². The van der Waals surface area contributed by atoms with Crippen LogP contribution in [0.3, 0.4) is 0 Å². The highest BCUT2D eigenvalue weighted by molar-refractivity contribution is 7.99. The minimum Gasteiger partial charge on any atom is -0.331 e. The maximum absolute atomic E-state index is 11.8. The molecule has 0 bridgehead atoms. The van der Waals surface area contributed by atoms with Gasteiger partial charge in [-0.05, 0) is 25.0 Å². The molecule has 0 aliphatic carbocycles. The van der Waals surface area contributed by atoms with Gasteiger partial charge in [0, 0.05) is 50.4 Å². The molecule has 1 aliphatic heterocycles. The lowest BCUT2D eigenvalue weighted by atomic mass is 10.1. The number of hydrogen-bond donors (Lipinski definition) is 1. The molecule has 0 spiro atoms. The number of nitrogens with one attached hydrogen (secondary N) is 1. The molecule has 1 aromatic carbocycles. The number of thioether (sulfide) groups is 1. The summed E-state index contributed by atoms with van der Waals surface area (Å²) in [6, 6.07) is 11.2. The van der Waals surface area contributed by atoms with Crippen LogP contribution in [0.5, 0.6) is 0 Å². The lowest BCUT2D eigenvalue weighted by Crippen LogP contribution is -2.48. The first-order valence-corrected chi connectivity index (χ1v) is 8.53. The average molecular weight is 307 g/mol. The number of piperidine rings is 1. The number of rotatable bonds is 5. The Morgan fingerprint density at radius 2 is 1.95 bits per heavy atom. The fraction of sp³-hybridized carbons (Fsp3) is 0.562. The molecule has 1 fully saturated rings.